The molecule has 1 amide bonds. The molecule has 174 valence electrons. The highest BCUT2D eigenvalue weighted by Crippen LogP contribution is 2.22. The first-order valence-electron chi connectivity index (χ1n) is 11.3. The van der Waals surface area contributed by atoms with Crippen LogP contribution in [0.15, 0.2) is 73.3 Å². The van der Waals surface area contributed by atoms with Gasteiger partial charge in [0.15, 0.2) is 0 Å². The number of carbonyl (C=O) groups is 1. The number of amides is 1. The van der Waals surface area contributed by atoms with Gasteiger partial charge in [0.25, 0.3) is 5.91 Å². The quantitative estimate of drug-likeness (QED) is 0.535. The first-order valence-corrected chi connectivity index (χ1v) is 12.9. The molecule has 0 spiro atoms. The maximum absolute atomic E-state index is 13.2. The van der Waals surface area contributed by atoms with Crippen molar-refractivity contribution in [2.24, 2.45) is 0 Å². The third kappa shape index (κ3) is 5.89. The lowest BCUT2D eigenvalue weighted by atomic mass is 10.1. The van der Waals surface area contributed by atoms with E-state index in [4.69, 9.17) is 0 Å². The van der Waals surface area contributed by atoms with Gasteiger partial charge in [-0.05, 0) is 42.5 Å². The van der Waals surface area contributed by atoms with Gasteiger partial charge in [-0.15, -0.1) is 0 Å². The molecule has 4 rings (SSSR count). The van der Waals surface area contributed by atoms with E-state index in [0.29, 0.717) is 31.6 Å². The zero-order chi connectivity index (χ0) is 23.3. The van der Waals surface area contributed by atoms with Crippen LogP contribution in [0, 0.1) is 0 Å². The Balaban J connectivity index is 1.39. The molecule has 0 N–H and O–H groups in total. The molecule has 0 bridgehead atoms. The molecular formula is C25H30N4O3S. The van der Waals surface area contributed by atoms with Gasteiger partial charge in [-0.2, -0.15) is 0 Å². The molecule has 1 aromatic heterocycles. The van der Waals surface area contributed by atoms with Crippen LogP contribution in [-0.4, -0.2) is 59.3 Å². The van der Waals surface area contributed by atoms with E-state index in [0.717, 1.165) is 24.0 Å². The zero-order valence-electron chi connectivity index (χ0n) is 18.9. The van der Waals surface area contributed by atoms with Gasteiger partial charge in [0.05, 0.1) is 12.1 Å². The molecule has 0 unspecified atom stereocenters. The summed E-state index contributed by atoms with van der Waals surface area (Å²) in [5.41, 5.74) is 2.49. The normalized spacial score (nSPS) is 17.2. The summed E-state index contributed by atoms with van der Waals surface area (Å²) < 4.78 is 29.4. The third-order valence-electron chi connectivity index (χ3n) is 6.23. The summed E-state index contributed by atoms with van der Waals surface area (Å²) in [6.45, 7) is 1.83. The number of sulfonamides is 1. The Morgan fingerprint density at radius 1 is 1.06 bits per heavy atom. The van der Waals surface area contributed by atoms with Crippen LogP contribution in [0.2, 0.25) is 0 Å². The predicted molar refractivity (Wildman–Crippen MR) is 128 cm³/mol. The van der Waals surface area contributed by atoms with Crippen LogP contribution in [0.1, 0.15) is 40.7 Å². The van der Waals surface area contributed by atoms with E-state index in [-0.39, 0.29) is 17.7 Å². The summed E-state index contributed by atoms with van der Waals surface area (Å²) in [6, 6.07) is 16.8. The van der Waals surface area contributed by atoms with Crippen molar-refractivity contribution in [3.05, 3.63) is 90.0 Å². The number of hydrogen-bond donors (Lipinski definition) is 0. The minimum atomic E-state index is -3.43. The van der Waals surface area contributed by atoms with Gasteiger partial charge < -0.3 is 9.47 Å². The van der Waals surface area contributed by atoms with E-state index < -0.39 is 10.0 Å². The first kappa shape index (κ1) is 23.2. The summed E-state index contributed by atoms with van der Waals surface area (Å²) in [4.78, 5) is 19.1. The van der Waals surface area contributed by atoms with E-state index in [1.165, 1.54) is 4.31 Å². The molecule has 2 aromatic carbocycles. The maximum atomic E-state index is 13.2. The summed E-state index contributed by atoms with van der Waals surface area (Å²) in [7, 11) is -1.76. The molecule has 0 aliphatic carbocycles. The van der Waals surface area contributed by atoms with E-state index >= 15 is 0 Å². The molecule has 33 heavy (non-hydrogen) atoms. The van der Waals surface area contributed by atoms with Crippen molar-refractivity contribution in [2.75, 3.05) is 20.1 Å². The van der Waals surface area contributed by atoms with Crippen LogP contribution < -0.4 is 0 Å². The van der Waals surface area contributed by atoms with E-state index in [1.54, 1.807) is 19.6 Å². The van der Waals surface area contributed by atoms with Gasteiger partial charge in [0.1, 0.15) is 0 Å². The minimum absolute atomic E-state index is 0.00192. The monoisotopic (exact) mass is 466 g/mol. The second-order valence-corrected chi connectivity index (χ2v) is 10.6. The Morgan fingerprint density at radius 2 is 1.85 bits per heavy atom. The van der Waals surface area contributed by atoms with Crippen LogP contribution in [0.3, 0.4) is 0 Å². The molecule has 1 fully saturated rings. The largest absolute Gasteiger partial charge is 0.339 e. The average Bonchev–Trinajstić information content (AvgIpc) is 3.20. The lowest BCUT2D eigenvalue weighted by Gasteiger charge is -2.27. The molecule has 1 aliphatic rings. The number of nitrogens with zero attached hydrogens (tertiary/aromatic N) is 4. The number of imidazole rings is 1. The Morgan fingerprint density at radius 3 is 2.61 bits per heavy atom. The van der Waals surface area contributed by atoms with Crippen LogP contribution in [0.25, 0.3) is 0 Å². The van der Waals surface area contributed by atoms with Crippen molar-refractivity contribution < 1.29 is 13.2 Å². The molecule has 7 nitrogen and oxygen atoms in total. The van der Waals surface area contributed by atoms with Crippen molar-refractivity contribution >= 4 is 15.9 Å². The molecule has 0 saturated carbocycles. The van der Waals surface area contributed by atoms with Gasteiger partial charge >= 0.3 is 0 Å². The highest BCUT2D eigenvalue weighted by Gasteiger charge is 2.29. The number of rotatable bonds is 7. The second-order valence-electron chi connectivity index (χ2n) is 8.57. The highest BCUT2D eigenvalue weighted by atomic mass is 32.2. The number of likely N-dealkylation sites (tertiary alicyclic amines) is 1. The zero-order valence-corrected chi connectivity index (χ0v) is 19.7. The predicted octanol–water partition coefficient (Wildman–Crippen LogP) is 3.39. The molecule has 0 radical (unpaired) electrons. The molecule has 1 aliphatic heterocycles. The summed E-state index contributed by atoms with van der Waals surface area (Å²) >= 11 is 0. The van der Waals surface area contributed by atoms with Crippen molar-refractivity contribution in [2.45, 2.75) is 37.6 Å². The summed E-state index contributed by atoms with van der Waals surface area (Å²) in [5, 5.41) is 0. The van der Waals surface area contributed by atoms with Crippen LogP contribution in [0.4, 0.5) is 0 Å². The molecule has 3 aromatic rings. The highest BCUT2D eigenvalue weighted by molar-refractivity contribution is 7.88. The smallest absolute Gasteiger partial charge is 0.253 e. The number of benzene rings is 2. The van der Waals surface area contributed by atoms with Gasteiger partial charge in [-0.25, -0.2) is 17.7 Å². The van der Waals surface area contributed by atoms with E-state index in [1.807, 2.05) is 70.3 Å². The van der Waals surface area contributed by atoms with Crippen molar-refractivity contribution in [3.63, 3.8) is 0 Å². The fourth-order valence-corrected chi connectivity index (χ4v) is 5.82. The summed E-state index contributed by atoms with van der Waals surface area (Å²) in [6.07, 6.45) is 7.54. The molecule has 8 heteroatoms. The maximum Gasteiger partial charge on any atom is 0.253 e. The number of hydrogen-bond acceptors (Lipinski definition) is 4. The number of aromatic nitrogens is 2. The van der Waals surface area contributed by atoms with E-state index in [9.17, 15) is 13.2 Å². The van der Waals surface area contributed by atoms with Gasteiger partial charge in [-0.3, -0.25) is 4.79 Å². The Labute approximate surface area is 195 Å². The van der Waals surface area contributed by atoms with Crippen LogP contribution in [0.5, 0.6) is 0 Å². The SMILES string of the molecule is CN([C@H]1CCCN(C(=O)c2cccc(Cn3ccnc3)c2)CC1)S(=O)(=O)Cc1ccccc1. The second kappa shape index (κ2) is 10.3. The average molecular weight is 467 g/mol. The standard InChI is InChI=1S/C25H30N4O3S/c1-27(33(31,32)19-21-7-3-2-4-8-21)24-11-6-14-29(15-12-24)25(30)23-10-5-9-22(17-23)18-28-16-13-26-20-28/h2-5,7-10,13,16-17,20,24H,6,11-12,14-15,18-19H2,1H3/t24-/m0/s1. The lowest BCUT2D eigenvalue weighted by molar-refractivity contribution is 0.0759. The Bertz CT molecular complexity index is 1160. The molecule has 1 saturated heterocycles. The van der Waals surface area contributed by atoms with Gasteiger partial charge in [-0.1, -0.05) is 42.5 Å². The van der Waals surface area contributed by atoms with Crippen molar-refractivity contribution in [1.82, 2.24) is 18.8 Å². The molecule has 1 atom stereocenters. The lowest BCUT2D eigenvalue weighted by Crippen LogP contribution is -2.39. The molecular weight excluding hydrogens is 436 g/mol. The van der Waals surface area contributed by atoms with Crippen molar-refractivity contribution in [1.29, 1.82) is 0 Å². The van der Waals surface area contributed by atoms with Gasteiger partial charge in [0, 0.05) is 50.7 Å². The Hall–Kier alpha value is -2.97. The summed E-state index contributed by atoms with van der Waals surface area (Å²) in [5.74, 6) is -0.00867. The topological polar surface area (TPSA) is 75.5 Å². The van der Waals surface area contributed by atoms with Crippen LogP contribution in [-0.2, 0) is 22.3 Å². The third-order valence-corrected chi connectivity index (χ3v) is 8.10. The Kier molecular flexibility index (Phi) is 7.25. The van der Waals surface area contributed by atoms with Crippen LogP contribution >= 0.6 is 0 Å². The minimum Gasteiger partial charge on any atom is -0.339 e. The fraction of sp³-hybridized carbons (Fsp3) is 0.360. The first-order chi connectivity index (χ1) is 15.9. The molecule has 2 heterocycles. The van der Waals surface area contributed by atoms with E-state index in [2.05, 4.69) is 4.98 Å². The van der Waals surface area contributed by atoms with Gasteiger partial charge in [0.2, 0.25) is 10.0 Å². The number of carbonyl (C=O) groups excluding carboxylic acids is 1. The van der Waals surface area contributed by atoms with Crippen molar-refractivity contribution in [3.8, 4) is 0 Å². The fourth-order valence-electron chi connectivity index (χ4n) is 4.34.